The number of aliphatic hydroxyl groups excluding tert-OH is 1. The number of methoxy groups -OCH3 is 2. The molecule has 0 radical (unpaired) electrons. The van der Waals surface area contributed by atoms with Crippen molar-refractivity contribution in [3.05, 3.63) is 0 Å². The number of aliphatic hydroxyl groups is 1. The van der Waals surface area contributed by atoms with Crippen LogP contribution in [0.2, 0.25) is 0 Å². The first-order chi connectivity index (χ1) is 8.71. The largest absolute Gasteiger partial charge is 0.467 e. The Morgan fingerprint density at radius 3 is 2.11 bits per heavy atom. The smallest absolute Gasteiger partial charge is 0.324 e. The predicted molar refractivity (Wildman–Crippen MR) is 64.8 cm³/mol. The lowest BCUT2D eigenvalue weighted by atomic mass is 9.99. The SMILES string of the molecule is COc1nc(NC2(CO)CCCC2)nc(OC)n1. The Bertz CT molecular complexity index is 385. The molecular weight excluding hydrogens is 236 g/mol. The van der Waals surface area contributed by atoms with Gasteiger partial charge in [0.1, 0.15) is 0 Å². The van der Waals surface area contributed by atoms with Gasteiger partial charge in [-0.1, -0.05) is 12.8 Å². The van der Waals surface area contributed by atoms with Gasteiger partial charge < -0.3 is 19.9 Å². The van der Waals surface area contributed by atoms with E-state index in [1.165, 1.54) is 14.2 Å². The summed E-state index contributed by atoms with van der Waals surface area (Å²) in [5.74, 6) is 0.370. The third kappa shape index (κ3) is 2.61. The predicted octanol–water partition coefficient (Wildman–Crippen LogP) is 0.606. The van der Waals surface area contributed by atoms with Gasteiger partial charge in [-0.2, -0.15) is 9.97 Å². The Morgan fingerprint density at radius 2 is 1.67 bits per heavy atom. The summed E-state index contributed by atoms with van der Waals surface area (Å²) in [5.41, 5.74) is -0.336. The molecule has 100 valence electrons. The van der Waals surface area contributed by atoms with Crippen LogP contribution in [0.25, 0.3) is 0 Å². The fraction of sp³-hybridized carbons (Fsp3) is 0.727. The van der Waals surface area contributed by atoms with E-state index in [4.69, 9.17) is 9.47 Å². The van der Waals surface area contributed by atoms with E-state index in [-0.39, 0.29) is 24.2 Å². The van der Waals surface area contributed by atoms with E-state index in [0.717, 1.165) is 25.7 Å². The molecule has 2 rings (SSSR count). The summed E-state index contributed by atoms with van der Waals surface area (Å²) in [7, 11) is 2.96. The lowest BCUT2D eigenvalue weighted by Crippen LogP contribution is -2.39. The average Bonchev–Trinajstić information content (AvgIpc) is 2.87. The second-order valence-electron chi connectivity index (χ2n) is 4.40. The van der Waals surface area contributed by atoms with Crippen molar-refractivity contribution < 1.29 is 14.6 Å². The number of aromatic nitrogens is 3. The first-order valence-electron chi connectivity index (χ1n) is 5.94. The molecule has 1 aliphatic carbocycles. The van der Waals surface area contributed by atoms with Gasteiger partial charge in [-0.3, -0.25) is 0 Å². The Hall–Kier alpha value is -1.63. The molecule has 0 bridgehead atoms. The molecule has 0 aliphatic heterocycles. The minimum Gasteiger partial charge on any atom is -0.467 e. The molecule has 1 aromatic heterocycles. The maximum absolute atomic E-state index is 9.53. The van der Waals surface area contributed by atoms with Gasteiger partial charge in [0.05, 0.1) is 26.4 Å². The molecular formula is C11H18N4O3. The van der Waals surface area contributed by atoms with Crippen molar-refractivity contribution in [3.8, 4) is 12.0 Å². The standard InChI is InChI=1S/C11H18N4O3/c1-17-9-12-8(13-10(14-9)18-2)15-11(7-16)5-3-4-6-11/h16H,3-7H2,1-2H3,(H,12,13,14,15). The Morgan fingerprint density at radius 1 is 1.11 bits per heavy atom. The molecule has 1 aromatic rings. The molecule has 7 nitrogen and oxygen atoms in total. The van der Waals surface area contributed by atoms with Crippen LogP contribution < -0.4 is 14.8 Å². The highest BCUT2D eigenvalue weighted by Gasteiger charge is 2.34. The van der Waals surface area contributed by atoms with Crippen LogP contribution in [0, 0.1) is 0 Å². The Labute approximate surface area is 106 Å². The fourth-order valence-corrected chi connectivity index (χ4v) is 2.19. The monoisotopic (exact) mass is 254 g/mol. The van der Waals surface area contributed by atoms with Gasteiger partial charge in [-0.05, 0) is 12.8 Å². The number of nitrogens with zero attached hydrogens (tertiary/aromatic N) is 3. The molecule has 0 atom stereocenters. The molecule has 18 heavy (non-hydrogen) atoms. The van der Waals surface area contributed by atoms with Gasteiger partial charge in [-0.15, -0.1) is 4.98 Å². The molecule has 0 aromatic carbocycles. The van der Waals surface area contributed by atoms with Gasteiger partial charge in [0.2, 0.25) is 5.95 Å². The maximum atomic E-state index is 9.53. The molecule has 1 saturated carbocycles. The average molecular weight is 254 g/mol. The van der Waals surface area contributed by atoms with Crippen molar-refractivity contribution in [3.63, 3.8) is 0 Å². The van der Waals surface area contributed by atoms with Crippen LogP contribution in [0.4, 0.5) is 5.95 Å². The number of rotatable bonds is 5. The second-order valence-corrected chi connectivity index (χ2v) is 4.40. The highest BCUT2D eigenvalue weighted by molar-refractivity contribution is 5.32. The highest BCUT2D eigenvalue weighted by atomic mass is 16.5. The quantitative estimate of drug-likeness (QED) is 0.795. The summed E-state index contributed by atoms with van der Waals surface area (Å²) < 4.78 is 9.97. The number of nitrogens with one attached hydrogen (secondary N) is 1. The van der Waals surface area contributed by atoms with Crippen molar-refractivity contribution >= 4 is 5.95 Å². The van der Waals surface area contributed by atoms with Crippen molar-refractivity contribution in [1.82, 2.24) is 15.0 Å². The summed E-state index contributed by atoms with van der Waals surface area (Å²) in [6.45, 7) is 0.0588. The summed E-state index contributed by atoms with van der Waals surface area (Å²) in [4.78, 5) is 12.1. The zero-order valence-electron chi connectivity index (χ0n) is 10.6. The van der Waals surface area contributed by atoms with E-state index in [0.29, 0.717) is 5.95 Å². The van der Waals surface area contributed by atoms with Crippen LogP contribution in [-0.2, 0) is 0 Å². The van der Waals surface area contributed by atoms with E-state index in [2.05, 4.69) is 20.3 Å². The van der Waals surface area contributed by atoms with Crippen LogP contribution in [0.5, 0.6) is 12.0 Å². The number of hydrogen-bond donors (Lipinski definition) is 2. The van der Waals surface area contributed by atoms with Gasteiger partial charge in [-0.25, -0.2) is 0 Å². The third-order valence-electron chi connectivity index (χ3n) is 3.20. The maximum Gasteiger partial charge on any atom is 0.324 e. The minimum absolute atomic E-state index is 0.0588. The van der Waals surface area contributed by atoms with Crippen molar-refractivity contribution in [2.75, 3.05) is 26.1 Å². The van der Waals surface area contributed by atoms with Crippen LogP contribution in [0.3, 0.4) is 0 Å². The minimum atomic E-state index is -0.336. The zero-order chi connectivity index (χ0) is 13.0. The number of ether oxygens (including phenoxy) is 2. The van der Waals surface area contributed by atoms with Crippen molar-refractivity contribution in [2.45, 2.75) is 31.2 Å². The first-order valence-corrected chi connectivity index (χ1v) is 5.94. The molecule has 0 unspecified atom stereocenters. The van der Waals surface area contributed by atoms with E-state index in [1.54, 1.807) is 0 Å². The topological polar surface area (TPSA) is 89.4 Å². The summed E-state index contributed by atoms with van der Waals surface area (Å²) in [6, 6.07) is 0.380. The number of hydrogen-bond acceptors (Lipinski definition) is 7. The normalized spacial score (nSPS) is 17.5. The molecule has 0 saturated heterocycles. The molecule has 1 fully saturated rings. The fourth-order valence-electron chi connectivity index (χ4n) is 2.19. The second kappa shape index (κ2) is 5.34. The number of anilines is 1. The van der Waals surface area contributed by atoms with Gasteiger partial charge in [0, 0.05) is 0 Å². The molecule has 1 aliphatic rings. The molecule has 0 spiro atoms. The molecule has 2 N–H and O–H groups in total. The van der Waals surface area contributed by atoms with Gasteiger partial charge >= 0.3 is 12.0 Å². The first kappa shape index (κ1) is 12.8. The molecule has 7 heteroatoms. The molecule has 1 heterocycles. The summed E-state index contributed by atoms with van der Waals surface area (Å²) in [6.07, 6.45) is 3.99. The van der Waals surface area contributed by atoms with Crippen LogP contribution >= 0.6 is 0 Å². The highest BCUT2D eigenvalue weighted by Crippen LogP contribution is 2.32. The van der Waals surface area contributed by atoms with Gasteiger partial charge in [0.15, 0.2) is 0 Å². The Balaban J connectivity index is 2.21. The van der Waals surface area contributed by atoms with Gasteiger partial charge in [0.25, 0.3) is 0 Å². The van der Waals surface area contributed by atoms with Crippen molar-refractivity contribution in [1.29, 1.82) is 0 Å². The van der Waals surface area contributed by atoms with Crippen LogP contribution in [0.15, 0.2) is 0 Å². The van der Waals surface area contributed by atoms with Crippen molar-refractivity contribution in [2.24, 2.45) is 0 Å². The lowest BCUT2D eigenvalue weighted by molar-refractivity contribution is 0.213. The lowest BCUT2D eigenvalue weighted by Gasteiger charge is -2.27. The van der Waals surface area contributed by atoms with E-state index in [9.17, 15) is 5.11 Å². The summed E-state index contributed by atoms with van der Waals surface area (Å²) in [5, 5.41) is 12.7. The van der Waals surface area contributed by atoms with Crippen LogP contribution in [-0.4, -0.2) is 46.4 Å². The summed E-state index contributed by atoms with van der Waals surface area (Å²) >= 11 is 0. The molecule has 0 amide bonds. The Kier molecular flexibility index (Phi) is 3.81. The van der Waals surface area contributed by atoms with Crippen LogP contribution in [0.1, 0.15) is 25.7 Å². The third-order valence-corrected chi connectivity index (χ3v) is 3.20. The van der Waals surface area contributed by atoms with E-state index >= 15 is 0 Å². The van der Waals surface area contributed by atoms with E-state index < -0.39 is 0 Å². The van der Waals surface area contributed by atoms with E-state index in [1.807, 2.05) is 0 Å². The zero-order valence-corrected chi connectivity index (χ0v) is 10.6.